The van der Waals surface area contributed by atoms with E-state index in [-0.39, 0.29) is 11.8 Å². The van der Waals surface area contributed by atoms with Crippen LogP contribution in [-0.2, 0) is 4.79 Å². The van der Waals surface area contributed by atoms with Gasteiger partial charge < -0.3 is 9.80 Å². The molecule has 1 aromatic carbocycles. The minimum Gasteiger partial charge on any atom is -0.315 e. The Morgan fingerprint density at radius 1 is 1.22 bits per heavy atom. The zero-order chi connectivity index (χ0) is 13.1. The first kappa shape index (κ1) is 13.1. The molecule has 0 bridgehead atoms. The van der Waals surface area contributed by atoms with Crippen LogP contribution in [-0.4, -0.2) is 38.0 Å². The fourth-order valence-electron chi connectivity index (χ4n) is 2.43. The Balaban J connectivity index is 2.02. The summed E-state index contributed by atoms with van der Waals surface area (Å²) in [6.45, 7) is 4.11. The second-order valence-electron chi connectivity index (χ2n) is 5.31. The van der Waals surface area contributed by atoms with Crippen LogP contribution in [0.4, 0.5) is 5.69 Å². The lowest BCUT2D eigenvalue weighted by molar-refractivity contribution is -0.123. The molecule has 1 heterocycles. The summed E-state index contributed by atoms with van der Waals surface area (Å²) in [6, 6.07) is 8.13. The maximum absolute atomic E-state index is 12.4. The van der Waals surface area contributed by atoms with Crippen molar-refractivity contribution in [2.45, 2.75) is 19.8 Å². The molecule has 2 rings (SSSR count). The smallest absolute Gasteiger partial charge is 0.229 e. The summed E-state index contributed by atoms with van der Waals surface area (Å²) in [7, 11) is 4.00. The average Bonchev–Trinajstić information content (AvgIpc) is 2.39. The number of nitrogens with zero attached hydrogens (tertiary/aromatic N) is 2. The monoisotopic (exact) mass is 246 g/mol. The first-order valence-corrected chi connectivity index (χ1v) is 6.60. The highest BCUT2D eigenvalue weighted by Crippen LogP contribution is 2.22. The Labute approximate surface area is 109 Å². The average molecular weight is 246 g/mol. The van der Waals surface area contributed by atoms with Crippen LogP contribution < -0.4 is 4.90 Å². The first-order valence-electron chi connectivity index (χ1n) is 6.60. The summed E-state index contributed by atoms with van der Waals surface area (Å²) in [5, 5.41) is 0. The number of carbonyl (C=O) groups excluding carboxylic acids is 1. The predicted octanol–water partition coefficient (Wildman–Crippen LogP) is 2.30. The first-order chi connectivity index (χ1) is 8.58. The number of hydrogen-bond acceptors (Lipinski definition) is 2. The number of rotatable bonds is 2. The van der Waals surface area contributed by atoms with Crippen molar-refractivity contribution in [2.24, 2.45) is 5.92 Å². The van der Waals surface area contributed by atoms with E-state index in [1.807, 2.05) is 31.3 Å². The number of amides is 1. The second-order valence-corrected chi connectivity index (χ2v) is 5.31. The van der Waals surface area contributed by atoms with Gasteiger partial charge >= 0.3 is 0 Å². The molecule has 3 nitrogen and oxygen atoms in total. The van der Waals surface area contributed by atoms with Gasteiger partial charge in [-0.3, -0.25) is 4.79 Å². The third kappa shape index (κ3) is 2.91. The zero-order valence-electron chi connectivity index (χ0n) is 11.5. The van der Waals surface area contributed by atoms with Gasteiger partial charge in [-0.05, 0) is 52.0 Å². The second kappa shape index (κ2) is 5.53. The normalized spacial score (nSPS) is 17.7. The van der Waals surface area contributed by atoms with Crippen LogP contribution in [0, 0.1) is 12.8 Å². The Kier molecular flexibility index (Phi) is 4.02. The van der Waals surface area contributed by atoms with E-state index in [4.69, 9.17) is 0 Å². The summed E-state index contributed by atoms with van der Waals surface area (Å²) in [5.74, 6) is 0.444. The van der Waals surface area contributed by atoms with Crippen molar-refractivity contribution in [1.29, 1.82) is 0 Å². The maximum Gasteiger partial charge on any atom is 0.229 e. The predicted molar refractivity (Wildman–Crippen MR) is 74.8 cm³/mol. The summed E-state index contributed by atoms with van der Waals surface area (Å²) < 4.78 is 0. The number of carbonyl (C=O) groups is 1. The Bertz CT molecular complexity index is 405. The van der Waals surface area contributed by atoms with Crippen LogP contribution in [0.3, 0.4) is 0 Å². The number of aryl methyl sites for hydroxylation is 1. The highest BCUT2D eigenvalue weighted by Gasteiger charge is 2.26. The molecule has 0 aromatic heterocycles. The lowest BCUT2D eigenvalue weighted by atomic mass is 9.95. The van der Waals surface area contributed by atoms with Crippen molar-refractivity contribution >= 4 is 11.6 Å². The molecule has 0 spiro atoms. The summed E-state index contributed by atoms with van der Waals surface area (Å²) in [5.41, 5.74) is 2.21. The van der Waals surface area contributed by atoms with Gasteiger partial charge in [-0.1, -0.05) is 17.7 Å². The van der Waals surface area contributed by atoms with Gasteiger partial charge in [-0.25, -0.2) is 0 Å². The van der Waals surface area contributed by atoms with Gasteiger partial charge in [-0.2, -0.15) is 0 Å². The standard InChI is InChI=1S/C15H22N2O/c1-12-4-6-14(7-5-12)17(3)15(18)13-8-10-16(2)11-9-13/h4-7,13H,8-11H2,1-3H3. The van der Waals surface area contributed by atoms with Crippen molar-refractivity contribution in [3.8, 4) is 0 Å². The molecule has 0 saturated carbocycles. The highest BCUT2D eigenvalue weighted by atomic mass is 16.2. The fraction of sp³-hybridized carbons (Fsp3) is 0.533. The number of benzene rings is 1. The van der Waals surface area contributed by atoms with E-state index < -0.39 is 0 Å². The van der Waals surface area contributed by atoms with Crippen LogP contribution in [0.5, 0.6) is 0 Å². The topological polar surface area (TPSA) is 23.6 Å². The summed E-state index contributed by atoms with van der Waals surface area (Å²) in [6.07, 6.45) is 1.96. The molecule has 0 aliphatic carbocycles. The van der Waals surface area contributed by atoms with Gasteiger partial charge in [0.25, 0.3) is 0 Å². The van der Waals surface area contributed by atoms with Crippen molar-refractivity contribution in [1.82, 2.24) is 4.90 Å². The minimum absolute atomic E-state index is 0.188. The lowest BCUT2D eigenvalue weighted by Gasteiger charge is -2.31. The van der Waals surface area contributed by atoms with Gasteiger partial charge in [-0.15, -0.1) is 0 Å². The number of piperidine rings is 1. The molecule has 0 N–H and O–H groups in total. The largest absolute Gasteiger partial charge is 0.315 e. The van der Waals surface area contributed by atoms with Gasteiger partial charge in [0.2, 0.25) is 5.91 Å². The molecule has 3 heteroatoms. The van der Waals surface area contributed by atoms with Crippen LogP contribution >= 0.6 is 0 Å². The third-order valence-electron chi connectivity index (χ3n) is 3.82. The van der Waals surface area contributed by atoms with Gasteiger partial charge in [0, 0.05) is 18.7 Å². The molecule has 18 heavy (non-hydrogen) atoms. The maximum atomic E-state index is 12.4. The molecule has 1 aliphatic rings. The Morgan fingerprint density at radius 2 is 1.78 bits per heavy atom. The van der Waals surface area contributed by atoms with Gasteiger partial charge in [0.1, 0.15) is 0 Å². The molecule has 0 unspecified atom stereocenters. The summed E-state index contributed by atoms with van der Waals surface area (Å²) >= 11 is 0. The molecular weight excluding hydrogens is 224 g/mol. The van der Waals surface area contributed by atoms with Gasteiger partial charge in [0.05, 0.1) is 0 Å². The number of hydrogen-bond donors (Lipinski definition) is 0. The zero-order valence-corrected chi connectivity index (χ0v) is 11.5. The van der Waals surface area contributed by atoms with Gasteiger partial charge in [0.15, 0.2) is 0 Å². The van der Waals surface area contributed by atoms with E-state index in [2.05, 4.69) is 18.9 Å². The Morgan fingerprint density at radius 3 is 2.33 bits per heavy atom. The van der Waals surface area contributed by atoms with E-state index in [1.165, 1.54) is 5.56 Å². The summed E-state index contributed by atoms with van der Waals surface area (Å²) in [4.78, 5) is 16.5. The van der Waals surface area contributed by atoms with Crippen molar-refractivity contribution in [3.05, 3.63) is 29.8 Å². The minimum atomic E-state index is 0.188. The fourth-order valence-corrected chi connectivity index (χ4v) is 2.43. The van der Waals surface area contributed by atoms with Crippen LogP contribution in [0.25, 0.3) is 0 Å². The van der Waals surface area contributed by atoms with Crippen LogP contribution in [0.2, 0.25) is 0 Å². The molecule has 1 amide bonds. The van der Waals surface area contributed by atoms with Crippen LogP contribution in [0.1, 0.15) is 18.4 Å². The van der Waals surface area contributed by atoms with E-state index in [0.717, 1.165) is 31.6 Å². The lowest BCUT2D eigenvalue weighted by Crippen LogP contribution is -2.39. The SMILES string of the molecule is Cc1ccc(N(C)C(=O)C2CCN(C)CC2)cc1. The number of anilines is 1. The molecule has 1 fully saturated rings. The number of likely N-dealkylation sites (tertiary alicyclic amines) is 1. The molecular formula is C15H22N2O. The molecule has 98 valence electrons. The molecule has 1 aliphatic heterocycles. The molecule has 1 aromatic rings. The Hall–Kier alpha value is -1.35. The van der Waals surface area contributed by atoms with Crippen LogP contribution in [0.15, 0.2) is 24.3 Å². The molecule has 0 atom stereocenters. The highest BCUT2D eigenvalue weighted by molar-refractivity contribution is 5.94. The van der Waals surface area contributed by atoms with Crippen molar-refractivity contribution in [2.75, 3.05) is 32.1 Å². The van der Waals surface area contributed by atoms with E-state index in [1.54, 1.807) is 4.90 Å². The van der Waals surface area contributed by atoms with Crippen molar-refractivity contribution in [3.63, 3.8) is 0 Å². The van der Waals surface area contributed by atoms with Crippen molar-refractivity contribution < 1.29 is 4.79 Å². The van der Waals surface area contributed by atoms with E-state index in [9.17, 15) is 4.79 Å². The molecule has 1 saturated heterocycles. The third-order valence-corrected chi connectivity index (χ3v) is 3.82. The van der Waals surface area contributed by atoms with E-state index >= 15 is 0 Å². The van der Waals surface area contributed by atoms with E-state index in [0.29, 0.717) is 0 Å². The quantitative estimate of drug-likeness (QED) is 0.799. The molecule has 0 radical (unpaired) electrons.